The van der Waals surface area contributed by atoms with Gasteiger partial charge in [0.2, 0.25) is 0 Å². The molecule has 2 aliphatic carbocycles. The van der Waals surface area contributed by atoms with E-state index in [4.69, 9.17) is 0 Å². The lowest BCUT2D eigenvalue weighted by atomic mass is 9.86. The number of hydrogen-bond donors (Lipinski definition) is 0. The number of rotatable bonds is 2. The molecular weight excluding hydrogens is 342 g/mol. The van der Waals surface area contributed by atoms with Crippen LogP contribution in [-0.4, -0.2) is 19.3 Å². The van der Waals surface area contributed by atoms with Gasteiger partial charge < -0.3 is 0 Å². The van der Waals surface area contributed by atoms with Crippen LogP contribution in [0.3, 0.4) is 0 Å². The lowest BCUT2D eigenvalue weighted by Gasteiger charge is -2.31. The van der Waals surface area contributed by atoms with Crippen molar-refractivity contribution in [3.05, 3.63) is 64.9 Å². The number of allylic oxidation sites excluding steroid dienone is 3. The summed E-state index contributed by atoms with van der Waals surface area (Å²) in [5, 5.41) is 0. The summed E-state index contributed by atoms with van der Waals surface area (Å²) in [6.45, 7) is 6.99. The Hall–Kier alpha value is -1.81. The Morgan fingerprint density at radius 2 is 1.81 bits per heavy atom. The summed E-state index contributed by atoms with van der Waals surface area (Å²) in [7, 11) is -3.50. The van der Waals surface area contributed by atoms with E-state index in [1.54, 1.807) is 23.9 Å². The monoisotopic (exact) mass is 369 g/mol. The molecule has 0 amide bonds. The Labute approximate surface area is 157 Å². The van der Waals surface area contributed by atoms with Crippen LogP contribution < -0.4 is 0 Å². The van der Waals surface area contributed by atoms with E-state index in [2.05, 4.69) is 26.0 Å². The van der Waals surface area contributed by atoms with Gasteiger partial charge in [-0.3, -0.25) is 4.31 Å². The van der Waals surface area contributed by atoms with Gasteiger partial charge in [0.15, 0.2) is 0 Å². The van der Waals surface area contributed by atoms with Crippen molar-refractivity contribution in [2.45, 2.75) is 44.9 Å². The van der Waals surface area contributed by atoms with Crippen molar-refractivity contribution in [3.63, 3.8) is 0 Å². The van der Waals surface area contributed by atoms with Gasteiger partial charge in [-0.25, -0.2) is 8.42 Å². The SMILES string of the molecule is CC1=C[C@@H]2CN(S(=O)(=O)c3ccc(C)cc3)C=CC2=C2[C@@H](CC[C@@H]2C)C1. The van der Waals surface area contributed by atoms with E-state index in [1.807, 2.05) is 19.1 Å². The Morgan fingerprint density at radius 3 is 2.54 bits per heavy atom. The summed E-state index contributed by atoms with van der Waals surface area (Å²) in [4.78, 5) is 0.366. The number of nitrogens with zero attached hydrogens (tertiary/aromatic N) is 1. The number of hydrogen-bond acceptors (Lipinski definition) is 2. The molecule has 138 valence electrons. The zero-order valence-electron chi connectivity index (χ0n) is 15.8. The maximum absolute atomic E-state index is 13.1. The largest absolute Gasteiger partial charge is 0.272 e. The van der Waals surface area contributed by atoms with Gasteiger partial charge in [-0.15, -0.1) is 0 Å². The van der Waals surface area contributed by atoms with E-state index in [0.717, 1.165) is 12.0 Å². The fraction of sp³-hybridized carbons (Fsp3) is 0.455. The topological polar surface area (TPSA) is 37.4 Å². The van der Waals surface area contributed by atoms with Crippen LogP contribution in [0.1, 0.15) is 38.7 Å². The highest BCUT2D eigenvalue weighted by molar-refractivity contribution is 7.89. The average molecular weight is 370 g/mol. The van der Waals surface area contributed by atoms with Crippen LogP contribution in [0.5, 0.6) is 0 Å². The number of aryl methyl sites for hydroxylation is 1. The fourth-order valence-electron chi connectivity index (χ4n) is 4.81. The predicted molar refractivity (Wildman–Crippen MR) is 105 cm³/mol. The molecule has 1 heterocycles. The van der Waals surface area contributed by atoms with Crippen LogP contribution in [-0.2, 0) is 10.0 Å². The van der Waals surface area contributed by atoms with Gasteiger partial charge in [-0.05, 0) is 68.7 Å². The molecule has 0 saturated heterocycles. The molecule has 0 N–H and O–H groups in total. The first-order chi connectivity index (χ1) is 12.4. The summed E-state index contributed by atoms with van der Waals surface area (Å²) in [5.41, 5.74) is 5.40. The highest BCUT2D eigenvalue weighted by atomic mass is 32.2. The minimum Gasteiger partial charge on any atom is -0.272 e. The van der Waals surface area contributed by atoms with Gasteiger partial charge in [0.1, 0.15) is 0 Å². The predicted octanol–water partition coefficient (Wildman–Crippen LogP) is 4.82. The van der Waals surface area contributed by atoms with Crippen molar-refractivity contribution in [2.75, 3.05) is 6.54 Å². The van der Waals surface area contributed by atoms with Crippen molar-refractivity contribution in [1.82, 2.24) is 4.31 Å². The zero-order valence-corrected chi connectivity index (χ0v) is 16.6. The maximum atomic E-state index is 13.1. The van der Waals surface area contributed by atoms with Crippen molar-refractivity contribution in [1.29, 1.82) is 0 Å². The van der Waals surface area contributed by atoms with Gasteiger partial charge in [-0.1, -0.05) is 41.8 Å². The number of benzene rings is 1. The lowest BCUT2D eigenvalue weighted by molar-refractivity contribution is 0.459. The van der Waals surface area contributed by atoms with Crippen molar-refractivity contribution in [3.8, 4) is 0 Å². The van der Waals surface area contributed by atoms with Gasteiger partial charge in [0.25, 0.3) is 10.0 Å². The van der Waals surface area contributed by atoms with Gasteiger partial charge in [0.05, 0.1) is 4.90 Å². The molecule has 0 spiro atoms. The van der Waals surface area contributed by atoms with E-state index in [0.29, 0.717) is 23.3 Å². The third-order valence-electron chi connectivity index (χ3n) is 6.13. The summed E-state index contributed by atoms with van der Waals surface area (Å²) in [6, 6.07) is 7.12. The van der Waals surface area contributed by atoms with Gasteiger partial charge in [-0.2, -0.15) is 0 Å². The summed E-state index contributed by atoms with van der Waals surface area (Å²) in [6.07, 6.45) is 9.79. The molecule has 26 heavy (non-hydrogen) atoms. The van der Waals surface area contributed by atoms with Gasteiger partial charge in [0, 0.05) is 18.7 Å². The molecule has 0 aromatic heterocycles. The van der Waals surface area contributed by atoms with Crippen LogP contribution in [0.25, 0.3) is 0 Å². The Bertz CT molecular complexity index is 906. The molecule has 1 aromatic carbocycles. The van der Waals surface area contributed by atoms with Crippen LogP contribution in [0.15, 0.2) is 64.2 Å². The highest BCUT2D eigenvalue weighted by Crippen LogP contribution is 2.46. The molecular formula is C22H27NO2S. The summed E-state index contributed by atoms with van der Waals surface area (Å²) >= 11 is 0. The molecule has 4 heteroatoms. The minimum absolute atomic E-state index is 0.167. The Morgan fingerprint density at radius 1 is 1.08 bits per heavy atom. The van der Waals surface area contributed by atoms with Crippen LogP contribution in [0.4, 0.5) is 0 Å². The molecule has 0 unspecified atom stereocenters. The molecule has 1 fully saturated rings. The minimum atomic E-state index is -3.50. The van der Waals surface area contributed by atoms with E-state index >= 15 is 0 Å². The first kappa shape index (κ1) is 17.6. The maximum Gasteiger partial charge on any atom is 0.263 e. The normalized spacial score (nSPS) is 28.5. The molecule has 3 atom stereocenters. The third kappa shape index (κ3) is 2.94. The smallest absolute Gasteiger partial charge is 0.263 e. The number of sulfonamides is 1. The molecule has 1 aliphatic heterocycles. The average Bonchev–Trinajstić information content (AvgIpc) is 2.88. The Balaban J connectivity index is 1.73. The Kier molecular flexibility index (Phi) is 4.34. The quantitative estimate of drug-likeness (QED) is 0.701. The van der Waals surface area contributed by atoms with Crippen molar-refractivity contribution < 1.29 is 8.42 Å². The van der Waals surface area contributed by atoms with E-state index < -0.39 is 10.0 Å². The van der Waals surface area contributed by atoms with E-state index in [1.165, 1.54) is 28.3 Å². The van der Waals surface area contributed by atoms with Crippen LogP contribution >= 0.6 is 0 Å². The first-order valence-electron chi connectivity index (χ1n) is 9.54. The van der Waals surface area contributed by atoms with Crippen LogP contribution in [0.2, 0.25) is 0 Å². The molecule has 1 aromatic rings. The van der Waals surface area contributed by atoms with Crippen LogP contribution in [0, 0.1) is 24.7 Å². The molecule has 3 nitrogen and oxygen atoms in total. The molecule has 0 bridgehead atoms. The molecule has 0 radical (unpaired) electrons. The van der Waals surface area contributed by atoms with Crippen molar-refractivity contribution >= 4 is 10.0 Å². The second-order valence-corrected chi connectivity index (χ2v) is 10.0. The fourth-order valence-corrected chi connectivity index (χ4v) is 6.14. The number of fused-ring (bicyclic) bond motifs is 2. The van der Waals surface area contributed by atoms with Crippen molar-refractivity contribution in [2.24, 2.45) is 17.8 Å². The molecule has 1 saturated carbocycles. The second kappa shape index (κ2) is 6.41. The molecule has 4 rings (SSSR count). The second-order valence-electron chi connectivity index (χ2n) is 8.11. The first-order valence-corrected chi connectivity index (χ1v) is 11.0. The van der Waals surface area contributed by atoms with E-state index in [-0.39, 0.29) is 5.92 Å². The van der Waals surface area contributed by atoms with Gasteiger partial charge >= 0.3 is 0 Å². The molecule has 3 aliphatic rings. The third-order valence-corrected chi connectivity index (χ3v) is 7.89. The standard InChI is InChI=1S/C22H27NO2S/c1-15-4-8-20(9-5-15)26(24,25)23-11-10-21-19(14-23)13-16(2)12-18-7-6-17(3)22(18)21/h4-5,8-11,13,17-19H,6-7,12,14H2,1-3H3/t17-,18-,19+/m0/s1. The van der Waals surface area contributed by atoms with E-state index in [9.17, 15) is 8.42 Å². The zero-order chi connectivity index (χ0) is 18.5. The lowest BCUT2D eigenvalue weighted by Crippen LogP contribution is -2.34. The highest BCUT2D eigenvalue weighted by Gasteiger charge is 2.36. The summed E-state index contributed by atoms with van der Waals surface area (Å²) in [5.74, 6) is 1.42. The summed E-state index contributed by atoms with van der Waals surface area (Å²) < 4.78 is 27.7.